The highest BCUT2D eigenvalue weighted by atomic mass is 16.3. The highest BCUT2D eigenvalue weighted by Crippen LogP contribution is 2.22. The van der Waals surface area contributed by atoms with Crippen LogP contribution >= 0.6 is 0 Å². The van der Waals surface area contributed by atoms with Crippen molar-refractivity contribution in [2.45, 2.75) is 38.5 Å². The number of nitrogens with zero attached hydrogens (tertiary/aromatic N) is 3. The molecule has 2 N–H and O–H groups in total. The number of likely N-dealkylation sites (tertiary alicyclic amines) is 1. The molecule has 0 bridgehead atoms. The largest absolute Gasteiger partial charge is 0.384 e. The number of aryl methyl sites for hydroxylation is 1. The summed E-state index contributed by atoms with van der Waals surface area (Å²) in [6.07, 6.45) is 4.77. The summed E-state index contributed by atoms with van der Waals surface area (Å²) in [6.45, 7) is 7.84. The van der Waals surface area contributed by atoms with Crippen LogP contribution in [0.15, 0.2) is 42.7 Å². The highest BCUT2D eigenvalue weighted by Gasteiger charge is 2.29. The van der Waals surface area contributed by atoms with Crippen molar-refractivity contribution in [3.05, 3.63) is 53.9 Å². The topological polar surface area (TPSA) is 53.3 Å². The van der Waals surface area contributed by atoms with Gasteiger partial charge in [-0.15, -0.1) is 0 Å². The van der Waals surface area contributed by atoms with Gasteiger partial charge in [0.1, 0.15) is 5.60 Å². The molecule has 3 rings (SSSR count). The molecule has 1 fully saturated rings. The Bertz CT molecular complexity index is 667. The first kappa shape index (κ1) is 18.1. The molecule has 0 saturated carbocycles. The van der Waals surface area contributed by atoms with E-state index >= 15 is 0 Å². The lowest BCUT2D eigenvalue weighted by molar-refractivity contribution is 0.0457. The van der Waals surface area contributed by atoms with Gasteiger partial charge in [0, 0.05) is 51.0 Å². The molecule has 1 saturated heterocycles. The van der Waals surface area contributed by atoms with Crippen LogP contribution in [0.1, 0.15) is 31.4 Å². The maximum absolute atomic E-state index is 10.8. The molecular formula is C20H30N4O. The molecule has 1 aliphatic heterocycles. The molecular weight excluding hydrogens is 312 g/mol. The van der Waals surface area contributed by atoms with Crippen LogP contribution in [0.25, 0.3) is 0 Å². The number of benzene rings is 1. The van der Waals surface area contributed by atoms with Gasteiger partial charge in [-0.3, -0.25) is 9.58 Å². The maximum Gasteiger partial charge on any atom is 0.102 e. The van der Waals surface area contributed by atoms with Crippen molar-refractivity contribution in [2.75, 3.05) is 19.6 Å². The Kier molecular flexibility index (Phi) is 5.57. The summed E-state index contributed by atoms with van der Waals surface area (Å²) in [7, 11) is 1.87. The number of rotatable bonds is 6. The van der Waals surface area contributed by atoms with E-state index in [1.54, 1.807) is 10.9 Å². The normalized spacial score (nSPS) is 24.2. The van der Waals surface area contributed by atoms with E-state index in [0.717, 1.165) is 31.6 Å². The monoisotopic (exact) mass is 342 g/mol. The van der Waals surface area contributed by atoms with Crippen molar-refractivity contribution in [1.29, 1.82) is 0 Å². The molecule has 5 nitrogen and oxygen atoms in total. The Morgan fingerprint density at radius 3 is 2.72 bits per heavy atom. The number of hydrogen-bond acceptors (Lipinski definition) is 4. The Morgan fingerprint density at radius 1 is 1.28 bits per heavy atom. The van der Waals surface area contributed by atoms with Crippen molar-refractivity contribution in [2.24, 2.45) is 13.0 Å². The van der Waals surface area contributed by atoms with Gasteiger partial charge in [-0.25, -0.2) is 0 Å². The van der Waals surface area contributed by atoms with Gasteiger partial charge < -0.3 is 10.4 Å². The third-order valence-electron chi connectivity index (χ3n) is 5.05. The van der Waals surface area contributed by atoms with Crippen molar-refractivity contribution in [1.82, 2.24) is 20.0 Å². The fraction of sp³-hybridized carbons (Fsp3) is 0.550. The molecule has 2 aromatic rings. The summed E-state index contributed by atoms with van der Waals surface area (Å²) < 4.78 is 1.73. The SMILES string of the molecule is C[C@@H]1C[C@H](NC[C@@](C)(O)c2cnn(C)c2)CN(Cc2ccccc2)C1. The lowest BCUT2D eigenvalue weighted by Crippen LogP contribution is -2.51. The minimum Gasteiger partial charge on any atom is -0.384 e. The molecule has 0 spiro atoms. The van der Waals surface area contributed by atoms with Crippen LogP contribution in [0.2, 0.25) is 0 Å². The molecule has 5 heteroatoms. The fourth-order valence-corrected chi connectivity index (χ4v) is 3.72. The highest BCUT2D eigenvalue weighted by molar-refractivity contribution is 5.15. The molecule has 2 heterocycles. The third-order valence-corrected chi connectivity index (χ3v) is 5.05. The Balaban J connectivity index is 1.56. The number of nitrogens with one attached hydrogen (secondary N) is 1. The van der Waals surface area contributed by atoms with Gasteiger partial charge in [-0.2, -0.15) is 5.10 Å². The zero-order valence-corrected chi connectivity index (χ0v) is 15.5. The zero-order valence-electron chi connectivity index (χ0n) is 15.5. The summed E-state index contributed by atoms with van der Waals surface area (Å²) in [5.74, 6) is 0.651. The van der Waals surface area contributed by atoms with Crippen molar-refractivity contribution in [3.63, 3.8) is 0 Å². The van der Waals surface area contributed by atoms with Gasteiger partial charge in [-0.1, -0.05) is 37.3 Å². The first-order chi connectivity index (χ1) is 11.9. The predicted octanol–water partition coefficient (Wildman–Crippen LogP) is 2.13. The average Bonchev–Trinajstić information content (AvgIpc) is 3.01. The van der Waals surface area contributed by atoms with E-state index in [0.29, 0.717) is 18.5 Å². The first-order valence-corrected chi connectivity index (χ1v) is 9.13. The summed E-state index contributed by atoms with van der Waals surface area (Å²) in [4.78, 5) is 2.51. The Morgan fingerprint density at radius 2 is 2.04 bits per heavy atom. The molecule has 0 amide bonds. The average molecular weight is 342 g/mol. The second kappa shape index (κ2) is 7.68. The van der Waals surface area contributed by atoms with Crippen LogP contribution in [-0.4, -0.2) is 45.5 Å². The number of aliphatic hydroxyl groups is 1. The van der Waals surface area contributed by atoms with Gasteiger partial charge in [0.15, 0.2) is 0 Å². The third kappa shape index (κ3) is 4.91. The summed E-state index contributed by atoms with van der Waals surface area (Å²) >= 11 is 0. The Hall–Kier alpha value is -1.69. The smallest absolute Gasteiger partial charge is 0.102 e. The van der Waals surface area contributed by atoms with Crippen LogP contribution in [-0.2, 0) is 19.2 Å². The van der Waals surface area contributed by atoms with Crippen molar-refractivity contribution >= 4 is 0 Å². The number of hydrogen-bond donors (Lipinski definition) is 2. The number of aromatic nitrogens is 2. The van der Waals surface area contributed by atoms with Crippen LogP contribution in [0.5, 0.6) is 0 Å². The van der Waals surface area contributed by atoms with E-state index in [2.05, 4.69) is 52.6 Å². The van der Waals surface area contributed by atoms with Crippen LogP contribution in [0, 0.1) is 5.92 Å². The van der Waals surface area contributed by atoms with E-state index in [4.69, 9.17) is 0 Å². The molecule has 3 atom stereocenters. The van der Waals surface area contributed by atoms with E-state index in [1.807, 2.05) is 20.2 Å². The molecule has 25 heavy (non-hydrogen) atoms. The summed E-state index contributed by atoms with van der Waals surface area (Å²) in [6, 6.07) is 11.0. The second-order valence-electron chi connectivity index (χ2n) is 7.77. The van der Waals surface area contributed by atoms with Gasteiger partial charge in [-0.05, 0) is 24.8 Å². The van der Waals surface area contributed by atoms with Crippen molar-refractivity contribution in [3.8, 4) is 0 Å². The van der Waals surface area contributed by atoms with E-state index < -0.39 is 5.60 Å². The first-order valence-electron chi connectivity index (χ1n) is 9.13. The zero-order chi connectivity index (χ0) is 17.9. The van der Waals surface area contributed by atoms with Gasteiger partial charge in [0.2, 0.25) is 0 Å². The fourth-order valence-electron chi connectivity index (χ4n) is 3.72. The summed E-state index contributed by atoms with van der Waals surface area (Å²) in [5, 5.41) is 18.5. The maximum atomic E-state index is 10.8. The van der Waals surface area contributed by atoms with E-state index in [-0.39, 0.29) is 0 Å². The van der Waals surface area contributed by atoms with Crippen molar-refractivity contribution < 1.29 is 5.11 Å². The minimum atomic E-state index is -0.904. The molecule has 0 unspecified atom stereocenters. The van der Waals surface area contributed by atoms with Crippen LogP contribution < -0.4 is 5.32 Å². The quantitative estimate of drug-likeness (QED) is 0.844. The van der Waals surface area contributed by atoms with E-state index in [9.17, 15) is 5.11 Å². The van der Waals surface area contributed by atoms with Gasteiger partial charge in [0.05, 0.1) is 6.20 Å². The van der Waals surface area contributed by atoms with E-state index in [1.165, 1.54) is 5.56 Å². The van der Waals surface area contributed by atoms with Gasteiger partial charge >= 0.3 is 0 Å². The Labute approximate surface area is 150 Å². The van der Waals surface area contributed by atoms with Gasteiger partial charge in [0.25, 0.3) is 0 Å². The molecule has 1 aliphatic rings. The molecule has 0 radical (unpaired) electrons. The molecule has 1 aromatic heterocycles. The molecule has 0 aliphatic carbocycles. The summed E-state index contributed by atoms with van der Waals surface area (Å²) in [5.41, 5.74) is 1.31. The molecule has 1 aromatic carbocycles. The second-order valence-corrected chi connectivity index (χ2v) is 7.77. The number of piperidine rings is 1. The van der Waals surface area contributed by atoms with Crippen LogP contribution in [0.4, 0.5) is 0 Å². The van der Waals surface area contributed by atoms with Crippen LogP contribution in [0.3, 0.4) is 0 Å². The lowest BCUT2D eigenvalue weighted by Gasteiger charge is -2.38. The lowest BCUT2D eigenvalue weighted by atomic mass is 9.93. The minimum absolute atomic E-state index is 0.399. The predicted molar refractivity (Wildman–Crippen MR) is 100 cm³/mol. The standard InChI is InChI=1S/C20H30N4O/c1-16-9-19(14-24(11-16)12-17-7-5-4-6-8-17)21-15-20(2,25)18-10-22-23(3)13-18/h4-8,10,13,16,19,21,25H,9,11-12,14-15H2,1-3H3/t16-,19+,20-/m1/s1. The molecule has 136 valence electrons.